The van der Waals surface area contributed by atoms with Crippen LogP contribution in [0.2, 0.25) is 0 Å². The lowest BCUT2D eigenvalue weighted by molar-refractivity contribution is -0.171. The molecule has 100 valence electrons. The van der Waals surface area contributed by atoms with Gasteiger partial charge in [0.05, 0.1) is 5.41 Å². The van der Waals surface area contributed by atoms with Crippen molar-refractivity contribution in [2.75, 3.05) is 5.73 Å². The quantitative estimate of drug-likeness (QED) is 0.648. The number of imide groups is 1. The van der Waals surface area contributed by atoms with Gasteiger partial charge in [0.2, 0.25) is 11.8 Å². The number of nitrogens with two attached hydrogens (primary N) is 1. The van der Waals surface area contributed by atoms with Gasteiger partial charge >= 0.3 is 0 Å². The van der Waals surface area contributed by atoms with Crippen molar-refractivity contribution in [3.63, 3.8) is 0 Å². The van der Waals surface area contributed by atoms with E-state index in [-0.39, 0.29) is 23.8 Å². The second kappa shape index (κ2) is 3.83. The summed E-state index contributed by atoms with van der Waals surface area (Å²) in [5.41, 5.74) is 6.88. The number of rotatable bonds is 2. The fraction of sp³-hybridized carbons (Fsp3) is 0.467. The molecule has 2 heterocycles. The standard InChI is InChI=1S/C15H18N2O2/c1-9(2)17-13(18)10-7-15(8-10,14(17)19)11-3-5-12(16)6-4-11/h3-6,9-10H,7-8,16H2,1-2H3. The van der Waals surface area contributed by atoms with Crippen molar-refractivity contribution in [1.29, 1.82) is 0 Å². The molecule has 1 aromatic rings. The first-order chi connectivity index (χ1) is 8.95. The van der Waals surface area contributed by atoms with Crippen LogP contribution in [0.1, 0.15) is 32.3 Å². The number of benzene rings is 1. The van der Waals surface area contributed by atoms with Crippen LogP contribution in [0.5, 0.6) is 0 Å². The third-order valence-electron chi connectivity index (χ3n) is 4.38. The lowest BCUT2D eigenvalue weighted by atomic mass is 9.54. The predicted molar refractivity (Wildman–Crippen MR) is 72.2 cm³/mol. The van der Waals surface area contributed by atoms with E-state index in [1.165, 1.54) is 4.90 Å². The van der Waals surface area contributed by atoms with Gasteiger partial charge in [0.1, 0.15) is 0 Å². The first-order valence-electron chi connectivity index (χ1n) is 6.69. The topological polar surface area (TPSA) is 63.4 Å². The Hall–Kier alpha value is -1.84. The Kier molecular flexibility index (Phi) is 2.46. The van der Waals surface area contributed by atoms with Crippen molar-refractivity contribution in [1.82, 2.24) is 4.90 Å². The number of amides is 2. The van der Waals surface area contributed by atoms with Crippen LogP contribution >= 0.6 is 0 Å². The van der Waals surface area contributed by atoms with Crippen molar-refractivity contribution in [2.24, 2.45) is 5.92 Å². The first-order valence-corrected chi connectivity index (χ1v) is 6.69. The highest BCUT2D eigenvalue weighted by atomic mass is 16.2. The van der Waals surface area contributed by atoms with Crippen LogP contribution in [0.4, 0.5) is 5.69 Å². The van der Waals surface area contributed by atoms with Gasteiger partial charge in [-0.1, -0.05) is 12.1 Å². The molecule has 1 aromatic carbocycles. The van der Waals surface area contributed by atoms with E-state index in [1.807, 2.05) is 38.1 Å². The zero-order valence-electron chi connectivity index (χ0n) is 11.2. The summed E-state index contributed by atoms with van der Waals surface area (Å²) in [7, 11) is 0. The fourth-order valence-electron chi connectivity index (χ4n) is 3.31. The number of nitrogen functional groups attached to an aromatic ring is 1. The van der Waals surface area contributed by atoms with Gasteiger partial charge in [0.25, 0.3) is 0 Å². The Bertz CT molecular complexity index is 542. The Labute approximate surface area is 112 Å². The number of nitrogens with zero attached hydrogens (tertiary/aromatic N) is 1. The molecule has 0 radical (unpaired) electrons. The van der Waals surface area contributed by atoms with Crippen LogP contribution in [0.15, 0.2) is 24.3 Å². The molecule has 3 fully saturated rings. The minimum atomic E-state index is -0.490. The number of hydrogen-bond donors (Lipinski definition) is 1. The van der Waals surface area contributed by atoms with Crippen molar-refractivity contribution in [3.05, 3.63) is 29.8 Å². The molecular formula is C15H18N2O2. The third-order valence-corrected chi connectivity index (χ3v) is 4.38. The van der Waals surface area contributed by atoms with E-state index in [1.54, 1.807) is 0 Å². The van der Waals surface area contributed by atoms with Crippen LogP contribution in [0.3, 0.4) is 0 Å². The summed E-state index contributed by atoms with van der Waals surface area (Å²) in [6, 6.07) is 7.40. The van der Waals surface area contributed by atoms with Crippen LogP contribution in [0, 0.1) is 5.92 Å². The molecule has 0 unspecified atom stereocenters. The zero-order valence-corrected chi connectivity index (χ0v) is 11.2. The highest BCUT2D eigenvalue weighted by molar-refractivity contribution is 6.08. The van der Waals surface area contributed by atoms with E-state index in [2.05, 4.69) is 0 Å². The molecule has 2 N–H and O–H groups in total. The maximum absolute atomic E-state index is 12.7. The highest BCUT2D eigenvalue weighted by Gasteiger charge is 2.61. The summed E-state index contributed by atoms with van der Waals surface area (Å²) in [6.07, 6.45) is 1.30. The first kappa shape index (κ1) is 12.2. The van der Waals surface area contributed by atoms with Gasteiger partial charge in [-0.25, -0.2) is 0 Å². The third kappa shape index (κ3) is 1.52. The number of fused-ring (bicyclic) bond motifs is 2. The van der Waals surface area contributed by atoms with Gasteiger partial charge in [-0.3, -0.25) is 14.5 Å². The SMILES string of the molecule is CC(C)N1C(=O)C2CC(c3ccc(N)cc3)(C2)C1=O. The van der Waals surface area contributed by atoms with E-state index >= 15 is 0 Å². The van der Waals surface area contributed by atoms with Crippen LogP contribution < -0.4 is 5.73 Å². The van der Waals surface area contributed by atoms with Gasteiger partial charge in [0, 0.05) is 17.6 Å². The lowest BCUT2D eigenvalue weighted by Gasteiger charge is -2.54. The summed E-state index contributed by atoms with van der Waals surface area (Å²) in [6.45, 7) is 3.77. The number of piperidine rings is 2. The summed E-state index contributed by atoms with van der Waals surface area (Å²) in [4.78, 5) is 26.3. The number of carbonyl (C=O) groups is 2. The molecule has 1 saturated carbocycles. The molecule has 1 aliphatic carbocycles. The fourth-order valence-corrected chi connectivity index (χ4v) is 3.31. The minimum Gasteiger partial charge on any atom is -0.399 e. The monoisotopic (exact) mass is 258 g/mol. The van der Waals surface area contributed by atoms with Gasteiger partial charge < -0.3 is 5.73 Å². The van der Waals surface area contributed by atoms with Gasteiger partial charge in [-0.05, 0) is 44.4 Å². The smallest absolute Gasteiger partial charge is 0.240 e. The van der Waals surface area contributed by atoms with Crippen molar-refractivity contribution in [2.45, 2.75) is 38.1 Å². The summed E-state index contributed by atoms with van der Waals surface area (Å²) in [5.74, 6) is -0.0326. The maximum atomic E-state index is 12.7. The van der Waals surface area contributed by atoms with Crippen molar-refractivity contribution >= 4 is 17.5 Å². The van der Waals surface area contributed by atoms with Crippen molar-refractivity contribution < 1.29 is 9.59 Å². The molecule has 0 spiro atoms. The number of hydrogen-bond acceptors (Lipinski definition) is 3. The molecule has 2 aliphatic heterocycles. The normalized spacial score (nSPS) is 29.6. The second-order valence-electron chi connectivity index (χ2n) is 5.92. The molecule has 2 amide bonds. The molecule has 19 heavy (non-hydrogen) atoms. The van der Waals surface area contributed by atoms with Gasteiger partial charge in [-0.15, -0.1) is 0 Å². The van der Waals surface area contributed by atoms with E-state index in [4.69, 9.17) is 5.73 Å². The Morgan fingerprint density at radius 3 is 2.32 bits per heavy atom. The average Bonchev–Trinajstić information content (AvgIpc) is 2.28. The molecule has 3 aliphatic rings. The molecule has 2 bridgehead atoms. The van der Waals surface area contributed by atoms with Crippen LogP contribution in [0.25, 0.3) is 0 Å². The zero-order chi connectivity index (χ0) is 13.8. The van der Waals surface area contributed by atoms with E-state index in [0.29, 0.717) is 18.5 Å². The Morgan fingerprint density at radius 2 is 1.79 bits per heavy atom. The lowest BCUT2D eigenvalue weighted by Crippen LogP contribution is -2.67. The summed E-state index contributed by atoms with van der Waals surface area (Å²) >= 11 is 0. The molecule has 4 heteroatoms. The molecule has 2 saturated heterocycles. The van der Waals surface area contributed by atoms with E-state index < -0.39 is 5.41 Å². The van der Waals surface area contributed by atoms with Crippen LogP contribution in [-0.4, -0.2) is 22.8 Å². The second-order valence-corrected chi connectivity index (χ2v) is 5.92. The van der Waals surface area contributed by atoms with E-state index in [0.717, 1.165) is 5.56 Å². The Morgan fingerprint density at radius 1 is 1.21 bits per heavy atom. The Balaban J connectivity index is 2.00. The maximum Gasteiger partial charge on any atom is 0.240 e. The van der Waals surface area contributed by atoms with Crippen molar-refractivity contribution in [3.8, 4) is 0 Å². The van der Waals surface area contributed by atoms with E-state index in [9.17, 15) is 9.59 Å². The van der Waals surface area contributed by atoms with Gasteiger partial charge in [-0.2, -0.15) is 0 Å². The highest BCUT2D eigenvalue weighted by Crippen LogP contribution is 2.53. The number of anilines is 1. The summed E-state index contributed by atoms with van der Waals surface area (Å²) in [5, 5.41) is 0. The van der Waals surface area contributed by atoms with Crippen LogP contribution in [-0.2, 0) is 15.0 Å². The largest absolute Gasteiger partial charge is 0.399 e. The molecule has 4 rings (SSSR count). The predicted octanol–water partition coefficient (Wildman–Crippen LogP) is 1.69. The molecule has 4 nitrogen and oxygen atoms in total. The molecular weight excluding hydrogens is 240 g/mol. The molecule has 0 aromatic heterocycles. The average molecular weight is 258 g/mol. The van der Waals surface area contributed by atoms with Gasteiger partial charge in [0.15, 0.2) is 0 Å². The molecule has 0 atom stereocenters. The minimum absolute atomic E-state index is 0.00248. The number of carbonyl (C=O) groups excluding carboxylic acids is 2. The summed E-state index contributed by atoms with van der Waals surface area (Å²) < 4.78 is 0.